The fourth-order valence-electron chi connectivity index (χ4n) is 3.47. The third-order valence-electron chi connectivity index (χ3n) is 4.91. The molecule has 2 unspecified atom stereocenters. The highest BCUT2D eigenvalue weighted by Gasteiger charge is 2.35. The van der Waals surface area contributed by atoms with Crippen molar-refractivity contribution in [3.05, 3.63) is 35.9 Å². The predicted octanol–water partition coefficient (Wildman–Crippen LogP) is 2.84. The molecule has 0 aliphatic carbocycles. The van der Waals surface area contributed by atoms with Gasteiger partial charge < -0.3 is 10.5 Å². The number of nitrogens with two attached hydrogens (primary N) is 1. The summed E-state index contributed by atoms with van der Waals surface area (Å²) in [4.78, 5) is 2.55. The van der Waals surface area contributed by atoms with Gasteiger partial charge in [-0.05, 0) is 37.8 Å². The molecule has 0 spiro atoms. The third kappa shape index (κ3) is 4.06. The Morgan fingerprint density at radius 3 is 2.57 bits per heavy atom. The highest BCUT2D eigenvalue weighted by molar-refractivity contribution is 5.18. The van der Waals surface area contributed by atoms with Crippen molar-refractivity contribution in [1.29, 1.82) is 0 Å². The molecule has 118 valence electrons. The molecule has 2 atom stereocenters. The van der Waals surface area contributed by atoms with Gasteiger partial charge in [-0.25, -0.2) is 0 Å². The summed E-state index contributed by atoms with van der Waals surface area (Å²) in [7, 11) is 0. The molecule has 21 heavy (non-hydrogen) atoms. The van der Waals surface area contributed by atoms with Gasteiger partial charge in [-0.2, -0.15) is 0 Å². The number of hydrogen-bond acceptors (Lipinski definition) is 3. The first-order chi connectivity index (χ1) is 10.2. The van der Waals surface area contributed by atoms with Crippen LogP contribution in [0.15, 0.2) is 30.3 Å². The van der Waals surface area contributed by atoms with Gasteiger partial charge in [0.05, 0.1) is 6.10 Å². The first-order valence-corrected chi connectivity index (χ1v) is 8.34. The highest BCUT2D eigenvalue weighted by Crippen LogP contribution is 2.26. The summed E-state index contributed by atoms with van der Waals surface area (Å²) in [5, 5.41) is 0. The number of nitrogens with zero attached hydrogens (tertiary/aromatic N) is 1. The number of benzene rings is 1. The molecule has 0 amide bonds. The molecule has 1 aromatic rings. The maximum atomic E-state index is 6.23. The molecule has 0 aromatic heterocycles. The van der Waals surface area contributed by atoms with Crippen LogP contribution in [0.25, 0.3) is 0 Å². The van der Waals surface area contributed by atoms with Crippen LogP contribution in [-0.2, 0) is 11.2 Å². The van der Waals surface area contributed by atoms with E-state index >= 15 is 0 Å². The Bertz CT molecular complexity index is 397. The van der Waals surface area contributed by atoms with Gasteiger partial charge in [0, 0.05) is 25.2 Å². The molecule has 2 N–H and O–H groups in total. The van der Waals surface area contributed by atoms with E-state index in [1.54, 1.807) is 0 Å². The van der Waals surface area contributed by atoms with Crippen molar-refractivity contribution in [2.75, 3.05) is 26.2 Å². The third-order valence-corrected chi connectivity index (χ3v) is 4.91. The van der Waals surface area contributed by atoms with E-state index < -0.39 is 0 Å². The summed E-state index contributed by atoms with van der Waals surface area (Å²) in [6, 6.07) is 10.7. The summed E-state index contributed by atoms with van der Waals surface area (Å²) in [6.07, 6.45) is 4.85. The van der Waals surface area contributed by atoms with E-state index in [9.17, 15) is 0 Å². The molecular formula is C18H30N2O. The molecule has 1 heterocycles. The van der Waals surface area contributed by atoms with Crippen LogP contribution in [0.3, 0.4) is 0 Å². The Hall–Kier alpha value is -0.900. The van der Waals surface area contributed by atoms with E-state index in [-0.39, 0.29) is 5.54 Å². The van der Waals surface area contributed by atoms with Crippen LogP contribution in [0.5, 0.6) is 0 Å². The lowest BCUT2D eigenvalue weighted by Crippen LogP contribution is -2.57. The molecule has 0 radical (unpaired) electrons. The van der Waals surface area contributed by atoms with Crippen molar-refractivity contribution in [2.45, 2.75) is 51.2 Å². The van der Waals surface area contributed by atoms with Gasteiger partial charge in [-0.15, -0.1) is 0 Å². The van der Waals surface area contributed by atoms with E-state index in [4.69, 9.17) is 10.5 Å². The van der Waals surface area contributed by atoms with Crippen molar-refractivity contribution in [1.82, 2.24) is 4.90 Å². The number of hydrogen-bond donors (Lipinski definition) is 1. The largest absolute Gasteiger partial charge is 0.377 e. The second-order valence-corrected chi connectivity index (χ2v) is 6.12. The Kier molecular flexibility index (Phi) is 6.22. The predicted molar refractivity (Wildman–Crippen MR) is 88.4 cm³/mol. The van der Waals surface area contributed by atoms with Crippen molar-refractivity contribution in [3.8, 4) is 0 Å². The molecule has 2 rings (SSSR count). The van der Waals surface area contributed by atoms with Gasteiger partial charge in [0.15, 0.2) is 0 Å². The lowest BCUT2D eigenvalue weighted by atomic mass is 9.85. The Morgan fingerprint density at radius 1 is 1.29 bits per heavy atom. The Morgan fingerprint density at radius 2 is 2.05 bits per heavy atom. The van der Waals surface area contributed by atoms with Crippen LogP contribution < -0.4 is 5.73 Å². The molecule has 1 saturated heterocycles. The van der Waals surface area contributed by atoms with Crippen LogP contribution >= 0.6 is 0 Å². The number of ether oxygens (including phenoxy) is 1. The maximum absolute atomic E-state index is 6.23. The van der Waals surface area contributed by atoms with Crippen molar-refractivity contribution < 1.29 is 4.74 Å². The fourth-order valence-corrected chi connectivity index (χ4v) is 3.47. The van der Waals surface area contributed by atoms with Gasteiger partial charge in [-0.3, -0.25) is 4.90 Å². The lowest BCUT2D eigenvalue weighted by molar-refractivity contribution is 0.0218. The van der Waals surface area contributed by atoms with E-state index in [0.29, 0.717) is 12.6 Å². The average Bonchev–Trinajstić information content (AvgIpc) is 3.05. The molecule has 1 aliphatic heterocycles. The van der Waals surface area contributed by atoms with Crippen LogP contribution in [0.1, 0.15) is 38.7 Å². The Labute approximate surface area is 129 Å². The number of likely N-dealkylation sites (N-methyl/N-ethyl adjacent to an activating group) is 1. The van der Waals surface area contributed by atoms with Gasteiger partial charge in [0.1, 0.15) is 0 Å². The van der Waals surface area contributed by atoms with Crippen molar-refractivity contribution in [2.24, 2.45) is 5.73 Å². The van der Waals surface area contributed by atoms with E-state index in [0.717, 1.165) is 32.5 Å². The van der Waals surface area contributed by atoms with Gasteiger partial charge in [0.2, 0.25) is 0 Å². The SMILES string of the molecule is CCN(CC1CCCO1)C(CC)(CN)Cc1ccccc1. The quantitative estimate of drug-likeness (QED) is 0.800. The molecule has 3 nitrogen and oxygen atoms in total. The molecule has 1 aromatic carbocycles. The highest BCUT2D eigenvalue weighted by atomic mass is 16.5. The van der Waals surface area contributed by atoms with Crippen LogP contribution in [0.4, 0.5) is 0 Å². The summed E-state index contributed by atoms with van der Waals surface area (Å²) in [5.41, 5.74) is 7.65. The summed E-state index contributed by atoms with van der Waals surface area (Å²) in [6.45, 7) is 8.14. The molecule has 0 bridgehead atoms. The normalized spacial score (nSPS) is 21.6. The minimum absolute atomic E-state index is 0.0437. The minimum Gasteiger partial charge on any atom is -0.377 e. The first kappa shape index (κ1) is 16.5. The molecule has 3 heteroatoms. The zero-order valence-corrected chi connectivity index (χ0v) is 13.6. The van der Waals surface area contributed by atoms with Crippen LogP contribution in [0.2, 0.25) is 0 Å². The zero-order chi connectivity index (χ0) is 15.1. The monoisotopic (exact) mass is 290 g/mol. The zero-order valence-electron chi connectivity index (χ0n) is 13.6. The van der Waals surface area contributed by atoms with Crippen LogP contribution in [0, 0.1) is 0 Å². The van der Waals surface area contributed by atoms with Gasteiger partial charge in [0.25, 0.3) is 0 Å². The van der Waals surface area contributed by atoms with Gasteiger partial charge >= 0.3 is 0 Å². The molecule has 0 saturated carbocycles. The summed E-state index contributed by atoms with van der Waals surface area (Å²) < 4.78 is 5.84. The second kappa shape index (κ2) is 7.92. The lowest BCUT2D eigenvalue weighted by Gasteiger charge is -2.44. The van der Waals surface area contributed by atoms with E-state index in [1.165, 1.54) is 18.4 Å². The van der Waals surface area contributed by atoms with E-state index in [2.05, 4.69) is 49.1 Å². The molecule has 1 aliphatic rings. The average molecular weight is 290 g/mol. The number of rotatable bonds is 8. The van der Waals surface area contributed by atoms with Crippen molar-refractivity contribution in [3.63, 3.8) is 0 Å². The fraction of sp³-hybridized carbons (Fsp3) is 0.667. The van der Waals surface area contributed by atoms with Crippen LogP contribution in [-0.4, -0.2) is 42.8 Å². The van der Waals surface area contributed by atoms with E-state index in [1.807, 2.05) is 0 Å². The molecule has 1 fully saturated rings. The second-order valence-electron chi connectivity index (χ2n) is 6.12. The summed E-state index contributed by atoms with van der Waals surface area (Å²) in [5.74, 6) is 0. The van der Waals surface area contributed by atoms with Gasteiger partial charge in [-0.1, -0.05) is 44.2 Å². The summed E-state index contributed by atoms with van der Waals surface area (Å²) >= 11 is 0. The Balaban J connectivity index is 2.13. The first-order valence-electron chi connectivity index (χ1n) is 8.34. The standard InChI is InChI=1S/C18H30N2O/c1-3-18(15-19,13-16-9-6-5-7-10-16)20(4-2)14-17-11-8-12-21-17/h5-7,9-10,17H,3-4,8,11-15,19H2,1-2H3. The maximum Gasteiger partial charge on any atom is 0.0703 e. The topological polar surface area (TPSA) is 38.5 Å². The smallest absolute Gasteiger partial charge is 0.0703 e. The molecular weight excluding hydrogens is 260 g/mol. The van der Waals surface area contributed by atoms with Crippen molar-refractivity contribution >= 4 is 0 Å². The minimum atomic E-state index is 0.0437.